The van der Waals surface area contributed by atoms with Crippen LogP contribution >= 0.6 is 15.9 Å². The molecule has 1 N–H and O–H groups in total. The first-order valence-electron chi connectivity index (χ1n) is 6.35. The lowest BCUT2D eigenvalue weighted by Gasteiger charge is -2.10. The number of hydrogen-bond acceptors (Lipinski definition) is 5. The lowest BCUT2D eigenvalue weighted by atomic mass is 10.2. The van der Waals surface area contributed by atoms with E-state index in [0.717, 1.165) is 33.7 Å². The van der Waals surface area contributed by atoms with Crippen LogP contribution in [-0.2, 0) is 13.5 Å². The van der Waals surface area contributed by atoms with Gasteiger partial charge in [0, 0.05) is 14.1 Å². The van der Waals surface area contributed by atoms with Crippen molar-refractivity contribution in [2.24, 2.45) is 7.05 Å². The van der Waals surface area contributed by atoms with Gasteiger partial charge in [0.25, 0.3) is 0 Å². The second-order valence-electron chi connectivity index (χ2n) is 4.35. The van der Waals surface area contributed by atoms with E-state index in [0.29, 0.717) is 11.7 Å². The molecule has 0 aliphatic heterocycles. The molecule has 0 aliphatic rings. The molecule has 6 nitrogen and oxygen atoms in total. The molecule has 0 radical (unpaired) electrons. The number of halogens is 1. The Morgan fingerprint density at radius 2 is 2.05 bits per heavy atom. The summed E-state index contributed by atoms with van der Waals surface area (Å²) in [5.74, 6) is 2.04. The van der Waals surface area contributed by atoms with Crippen molar-refractivity contribution >= 4 is 21.7 Å². The minimum Gasteiger partial charge on any atom is -0.481 e. The Bertz CT molecular complexity index is 613. The molecule has 2 heterocycles. The number of aromatic nitrogens is 4. The summed E-state index contributed by atoms with van der Waals surface area (Å²) in [4.78, 5) is 9.17. The van der Waals surface area contributed by atoms with Crippen molar-refractivity contribution in [2.75, 3.05) is 19.5 Å². The zero-order chi connectivity index (χ0) is 14.9. The largest absolute Gasteiger partial charge is 0.481 e. The molecule has 2 rings (SSSR count). The Morgan fingerprint density at radius 3 is 2.60 bits per heavy atom. The smallest absolute Gasteiger partial charge is 0.222 e. The predicted octanol–water partition coefficient (Wildman–Crippen LogP) is 2.56. The van der Waals surface area contributed by atoms with Gasteiger partial charge in [0.1, 0.15) is 11.4 Å². The van der Waals surface area contributed by atoms with Crippen LogP contribution in [-0.4, -0.2) is 33.9 Å². The first-order valence-corrected chi connectivity index (χ1v) is 7.14. The second kappa shape index (κ2) is 5.78. The normalized spacial score (nSPS) is 10.7. The summed E-state index contributed by atoms with van der Waals surface area (Å²) < 4.78 is 8.01. The van der Waals surface area contributed by atoms with Gasteiger partial charge in [0.2, 0.25) is 5.88 Å². The van der Waals surface area contributed by atoms with Crippen molar-refractivity contribution < 1.29 is 4.74 Å². The molecule has 0 aliphatic carbocycles. The van der Waals surface area contributed by atoms with Crippen molar-refractivity contribution in [3.05, 3.63) is 15.9 Å². The maximum atomic E-state index is 5.42. The minimum atomic E-state index is 0.622. The van der Waals surface area contributed by atoms with Crippen LogP contribution in [0.15, 0.2) is 4.47 Å². The average molecular weight is 340 g/mol. The molecular formula is C13H18BrN5O. The van der Waals surface area contributed by atoms with Crippen LogP contribution in [0.25, 0.3) is 11.4 Å². The highest BCUT2D eigenvalue weighted by molar-refractivity contribution is 9.10. The van der Waals surface area contributed by atoms with Gasteiger partial charge >= 0.3 is 0 Å². The fourth-order valence-electron chi connectivity index (χ4n) is 2.13. The highest BCUT2D eigenvalue weighted by Crippen LogP contribution is 2.33. The van der Waals surface area contributed by atoms with Gasteiger partial charge in [0.15, 0.2) is 5.82 Å². The van der Waals surface area contributed by atoms with Gasteiger partial charge in [-0.2, -0.15) is 5.10 Å². The molecule has 0 saturated heterocycles. The highest BCUT2D eigenvalue weighted by Gasteiger charge is 2.21. The first kappa shape index (κ1) is 14.8. The number of nitrogens with zero attached hydrogens (tertiary/aromatic N) is 4. The number of methoxy groups -OCH3 is 1. The van der Waals surface area contributed by atoms with Gasteiger partial charge in [-0.15, -0.1) is 0 Å². The van der Waals surface area contributed by atoms with E-state index < -0.39 is 0 Å². The summed E-state index contributed by atoms with van der Waals surface area (Å²) in [6.07, 6.45) is 0.812. The van der Waals surface area contributed by atoms with E-state index in [1.165, 1.54) is 0 Å². The maximum absolute atomic E-state index is 5.42. The van der Waals surface area contributed by atoms with Gasteiger partial charge in [0.05, 0.1) is 23.0 Å². The fraction of sp³-hybridized carbons (Fsp3) is 0.462. The zero-order valence-corrected chi connectivity index (χ0v) is 13.9. The third kappa shape index (κ3) is 2.37. The van der Waals surface area contributed by atoms with E-state index in [9.17, 15) is 0 Å². The monoisotopic (exact) mass is 339 g/mol. The molecule has 0 atom stereocenters. The number of rotatable bonds is 4. The third-order valence-electron chi connectivity index (χ3n) is 3.08. The number of anilines is 1. The molecule has 108 valence electrons. The molecule has 2 aromatic heterocycles. The number of hydrogen-bond donors (Lipinski definition) is 1. The summed E-state index contributed by atoms with van der Waals surface area (Å²) in [5, 5.41) is 7.45. The van der Waals surface area contributed by atoms with Crippen LogP contribution in [0.2, 0.25) is 0 Å². The Hall–Kier alpha value is -1.63. The van der Waals surface area contributed by atoms with Crippen LogP contribution in [0.4, 0.5) is 5.82 Å². The predicted molar refractivity (Wildman–Crippen MR) is 82.1 cm³/mol. The molecule has 0 fully saturated rings. The van der Waals surface area contributed by atoms with Crippen LogP contribution in [0.3, 0.4) is 0 Å². The fourth-order valence-corrected chi connectivity index (χ4v) is 2.79. The Morgan fingerprint density at radius 1 is 1.35 bits per heavy atom. The summed E-state index contributed by atoms with van der Waals surface area (Å²) in [6.45, 7) is 3.98. The van der Waals surface area contributed by atoms with Crippen LogP contribution in [0.5, 0.6) is 5.88 Å². The zero-order valence-electron chi connectivity index (χ0n) is 12.3. The van der Waals surface area contributed by atoms with Crippen molar-refractivity contribution in [3.8, 4) is 17.3 Å². The van der Waals surface area contributed by atoms with Crippen molar-refractivity contribution in [3.63, 3.8) is 0 Å². The number of ether oxygens (including phenoxy) is 1. The maximum Gasteiger partial charge on any atom is 0.222 e. The van der Waals surface area contributed by atoms with Gasteiger partial charge in [-0.3, -0.25) is 0 Å². The number of aryl methyl sites for hydroxylation is 3. The molecule has 0 amide bonds. The summed E-state index contributed by atoms with van der Waals surface area (Å²) in [6, 6.07) is 0. The quantitative estimate of drug-likeness (QED) is 0.927. The van der Waals surface area contributed by atoms with Crippen LogP contribution in [0.1, 0.15) is 18.3 Å². The standard InChI is InChI=1S/C13H18BrN5O/c1-6-8-10(14)12(15-3)17-11(16-8)9-7(2)18-19(4)13(9)20-5/h6H2,1-5H3,(H,15,16,17). The topological polar surface area (TPSA) is 64.9 Å². The molecule has 0 saturated carbocycles. The molecule has 0 unspecified atom stereocenters. The molecule has 20 heavy (non-hydrogen) atoms. The Labute approximate surface area is 126 Å². The lowest BCUT2D eigenvalue weighted by molar-refractivity contribution is 0.374. The first-order chi connectivity index (χ1) is 9.53. The van der Waals surface area contributed by atoms with E-state index in [1.54, 1.807) is 11.8 Å². The third-order valence-corrected chi connectivity index (χ3v) is 3.91. The molecule has 2 aromatic rings. The molecule has 0 aromatic carbocycles. The van der Waals surface area contributed by atoms with E-state index in [1.807, 2.05) is 21.0 Å². The van der Waals surface area contributed by atoms with E-state index in [4.69, 9.17) is 4.74 Å². The highest BCUT2D eigenvalue weighted by atomic mass is 79.9. The van der Waals surface area contributed by atoms with Gasteiger partial charge in [-0.05, 0) is 29.3 Å². The van der Waals surface area contributed by atoms with Gasteiger partial charge < -0.3 is 10.1 Å². The summed E-state index contributed by atoms with van der Waals surface area (Å²) >= 11 is 3.53. The van der Waals surface area contributed by atoms with E-state index >= 15 is 0 Å². The van der Waals surface area contributed by atoms with Crippen molar-refractivity contribution in [1.82, 2.24) is 19.7 Å². The Kier molecular flexibility index (Phi) is 4.27. The van der Waals surface area contributed by atoms with Crippen molar-refractivity contribution in [2.45, 2.75) is 20.3 Å². The molecule has 0 spiro atoms. The average Bonchev–Trinajstić information content (AvgIpc) is 2.73. The van der Waals surface area contributed by atoms with Crippen LogP contribution in [0, 0.1) is 6.92 Å². The van der Waals surface area contributed by atoms with E-state index in [2.05, 4.69) is 43.2 Å². The summed E-state index contributed by atoms with van der Waals surface area (Å²) in [5.41, 5.74) is 2.62. The van der Waals surface area contributed by atoms with Gasteiger partial charge in [-0.25, -0.2) is 14.6 Å². The molecule has 7 heteroatoms. The molecule has 0 bridgehead atoms. The molecular weight excluding hydrogens is 322 g/mol. The van der Waals surface area contributed by atoms with Crippen molar-refractivity contribution in [1.29, 1.82) is 0 Å². The Balaban J connectivity index is 2.70. The van der Waals surface area contributed by atoms with Gasteiger partial charge in [-0.1, -0.05) is 6.92 Å². The summed E-state index contributed by atoms with van der Waals surface area (Å²) in [7, 11) is 5.30. The lowest BCUT2D eigenvalue weighted by Crippen LogP contribution is -2.04. The number of nitrogens with one attached hydrogen (secondary N) is 1. The van der Waals surface area contributed by atoms with Crippen LogP contribution < -0.4 is 10.1 Å². The SMILES string of the molecule is CCc1nc(-c2c(C)nn(C)c2OC)nc(NC)c1Br. The second-order valence-corrected chi connectivity index (χ2v) is 5.15. The minimum absolute atomic E-state index is 0.622. The van der Waals surface area contributed by atoms with E-state index in [-0.39, 0.29) is 0 Å².